The Bertz CT molecular complexity index is 309. The highest BCUT2D eigenvalue weighted by Gasteiger charge is 1.95. The van der Waals surface area contributed by atoms with Gasteiger partial charge in [-0.3, -0.25) is 4.98 Å². The number of aromatic nitrogens is 2. The van der Waals surface area contributed by atoms with Crippen molar-refractivity contribution in [2.75, 3.05) is 11.9 Å². The highest BCUT2D eigenvalue weighted by molar-refractivity contribution is 5.39. The number of hydrogen-bond donors (Lipinski definition) is 1. The van der Waals surface area contributed by atoms with E-state index >= 15 is 0 Å². The van der Waals surface area contributed by atoms with Crippen LogP contribution in [0.4, 0.5) is 5.82 Å². The van der Waals surface area contributed by atoms with Crippen LogP contribution in [0.25, 0.3) is 0 Å². The van der Waals surface area contributed by atoms with Crippen molar-refractivity contribution in [1.82, 2.24) is 9.97 Å². The van der Waals surface area contributed by atoms with Gasteiger partial charge >= 0.3 is 0 Å². The van der Waals surface area contributed by atoms with Crippen LogP contribution in [0.2, 0.25) is 0 Å². The second-order valence-electron chi connectivity index (χ2n) is 2.27. The van der Waals surface area contributed by atoms with Gasteiger partial charge in [0.05, 0.1) is 12.2 Å². The Labute approximate surface area is 72.2 Å². The van der Waals surface area contributed by atoms with Gasteiger partial charge in [-0.2, -0.15) is 0 Å². The van der Waals surface area contributed by atoms with Crippen molar-refractivity contribution in [3.63, 3.8) is 0 Å². The van der Waals surface area contributed by atoms with Crippen molar-refractivity contribution >= 4 is 5.82 Å². The lowest BCUT2D eigenvalue weighted by Gasteiger charge is -2.02. The maximum atomic E-state index is 4.11. The first kappa shape index (κ1) is 8.54. The van der Waals surface area contributed by atoms with Crippen LogP contribution in [0.1, 0.15) is 12.6 Å². The quantitative estimate of drug-likeness (QED) is 0.663. The Morgan fingerprint density at radius 1 is 1.42 bits per heavy atom. The van der Waals surface area contributed by atoms with Gasteiger partial charge in [0.2, 0.25) is 0 Å². The van der Waals surface area contributed by atoms with Crippen LogP contribution in [0.3, 0.4) is 0 Å². The van der Waals surface area contributed by atoms with Crippen molar-refractivity contribution < 1.29 is 0 Å². The average molecular weight is 161 g/mol. The molecule has 1 aromatic rings. The second-order valence-corrected chi connectivity index (χ2v) is 2.27. The minimum Gasteiger partial charge on any atom is -0.358 e. The van der Waals surface area contributed by atoms with Crippen LogP contribution >= 0.6 is 0 Å². The molecule has 62 valence electrons. The largest absolute Gasteiger partial charge is 0.358 e. The van der Waals surface area contributed by atoms with E-state index in [1.807, 2.05) is 13.8 Å². The molecule has 0 saturated heterocycles. The molecule has 0 radical (unpaired) electrons. The molecule has 0 aromatic carbocycles. The summed E-state index contributed by atoms with van der Waals surface area (Å²) in [6, 6.07) is 0. The molecule has 0 aliphatic carbocycles. The van der Waals surface area contributed by atoms with E-state index in [-0.39, 0.29) is 0 Å². The number of aryl methyl sites for hydroxylation is 1. The molecule has 0 bridgehead atoms. The van der Waals surface area contributed by atoms with E-state index in [1.54, 1.807) is 12.4 Å². The molecule has 0 fully saturated rings. The molecule has 0 aliphatic rings. The van der Waals surface area contributed by atoms with Crippen molar-refractivity contribution in [3.8, 4) is 11.8 Å². The first-order valence-corrected chi connectivity index (χ1v) is 3.75. The van der Waals surface area contributed by atoms with Crippen molar-refractivity contribution in [3.05, 3.63) is 18.1 Å². The third-order valence-electron chi connectivity index (χ3n) is 1.40. The molecule has 3 nitrogen and oxygen atoms in total. The molecular weight excluding hydrogens is 150 g/mol. The molecule has 1 N–H and O–H groups in total. The lowest BCUT2D eigenvalue weighted by atomic mass is 10.4. The van der Waals surface area contributed by atoms with Gasteiger partial charge in [-0.15, -0.1) is 5.92 Å². The van der Waals surface area contributed by atoms with Crippen molar-refractivity contribution in [2.24, 2.45) is 0 Å². The SMILES string of the molecule is CC#CCNc1nccnc1C. The number of nitrogens with zero attached hydrogens (tertiary/aromatic N) is 2. The van der Waals surface area contributed by atoms with Gasteiger partial charge in [0.15, 0.2) is 0 Å². The zero-order valence-corrected chi connectivity index (χ0v) is 7.26. The Morgan fingerprint density at radius 2 is 2.17 bits per heavy atom. The van der Waals surface area contributed by atoms with Gasteiger partial charge in [-0.1, -0.05) is 5.92 Å². The summed E-state index contributed by atoms with van der Waals surface area (Å²) in [6.45, 7) is 4.34. The summed E-state index contributed by atoms with van der Waals surface area (Å²) in [5.74, 6) is 6.50. The maximum Gasteiger partial charge on any atom is 0.148 e. The van der Waals surface area contributed by atoms with E-state index in [1.165, 1.54) is 0 Å². The summed E-state index contributed by atoms with van der Waals surface area (Å²) in [4.78, 5) is 8.19. The third kappa shape index (κ3) is 2.24. The van der Waals surface area contributed by atoms with Crippen molar-refractivity contribution in [1.29, 1.82) is 0 Å². The van der Waals surface area contributed by atoms with E-state index in [9.17, 15) is 0 Å². The molecular formula is C9H11N3. The second kappa shape index (κ2) is 4.35. The molecule has 1 rings (SSSR count). The fourth-order valence-electron chi connectivity index (χ4n) is 0.797. The minimum atomic E-state index is 0.621. The minimum absolute atomic E-state index is 0.621. The van der Waals surface area contributed by atoms with Crippen LogP contribution in [-0.4, -0.2) is 16.5 Å². The number of rotatable bonds is 2. The Kier molecular flexibility index (Phi) is 3.09. The first-order valence-electron chi connectivity index (χ1n) is 3.75. The lowest BCUT2D eigenvalue weighted by molar-refractivity contribution is 1.10. The number of anilines is 1. The molecule has 0 spiro atoms. The average Bonchev–Trinajstić information content (AvgIpc) is 2.09. The fraction of sp³-hybridized carbons (Fsp3) is 0.333. The smallest absolute Gasteiger partial charge is 0.148 e. The summed E-state index contributed by atoms with van der Waals surface area (Å²) in [7, 11) is 0. The standard InChI is InChI=1S/C9H11N3/c1-3-4-5-11-9-8(2)10-6-7-12-9/h6-7H,5H2,1-2H3,(H,11,12). The highest BCUT2D eigenvalue weighted by Crippen LogP contribution is 2.04. The van der Waals surface area contributed by atoms with Crippen LogP contribution in [0, 0.1) is 18.8 Å². The Hall–Kier alpha value is -1.56. The van der Waals surface area contributed by atoms with Gasteiger partial charge in [-0.25, -0.2) is 4.98 Å². The molecule has 0 unspecified atom stereocenters. The normalized spacial score (nSPS) is 8.50. The Balaban J connectivity index is 2.61. The lowest BCUT2D eigenvalue weighted by Crippen LogP contribution is -2.03. The summed E-state index contributed by atoms with van der Waals surface area (Å²) >= 11 is 0. The van der Waals surface area contributed by atoms with Crippen LogP contribution < -0.4 is 5.32 Å². The summed E-state index contributed by atoms with van der Waals surface area (Å²) in [5.41, 5.74) is 0.899. The topological polar surface area (TPSA) is 37.8 Å². The van der Waals surface area contributed by atoms with E-state index in [2.05, 4.69) is 27.1 Å². The molecule has 0 amide bonds. The molecule has 0 saturated carbocycles. The maximum absolute atomic E-state index is 4.11. The summed E-state index contributed by atoms with van der Waals surface area (Å²) in [5, 5.41) is 3.07. The third-order valence-corrected chi connectivity index (χ3v) is 1.40. The van der Waals surface area contributed by atoms with Gasteiger partial charge in [0.1, 0.15) is 5.82 Å². The van der Waals surface area contributed by atoms with Gasteiger partial charge < -0.3 is 5.32 Å². The van der Waals surface area contributed by atoms with E-state index in [4.69, 9.17) is 0 Å². The zero-order valence-electron chi connectivity index (χ0n) is 7.26. The van der Waals surface area contributed by atoms with Crippen molar-refractivity contribution in [2.45, 2.75) is 13.8 Å². The predicted octanol–water partition coefficient (Wildman–Crippen LogP) is 1.22. The highest BCUT2D eigenvalue weighted by atomic mass is 15.0. The van der Waals surface area contributed by atoms with Crippen LogP contribution in [-0.2, 0) is 0 Å². The summed E-state index contributed by atoms with van der Waals surface area (Å²) in [6.07, 6.45) is 3.33. The molecule has 1 aromatic heterocycles. The molecule has 0 aliphatic heterocycles. The molecule has 12 heavy (non-hydrogen) atoms. The monoisotopic (exact) mass is 161 g/mol. The van der Waals surface area contributed by atoms with E-state index in [0.717, 1.165) is 11.5 Å². The molecule has 0 atom stereocenters. The Morgan fingerprint density at radius 3 is 2.83 bits per heavy atom. The molecule has 3 heteroatoms. The van der Waals surface area contributed by atoms with Crippen LogP contribution in [0.5, 0.6) is 0 Å². The van der Waals surface area contributed by atoms with E-state index < -0.39 is 0 Å². The number of nitrogens with one attached hydrogen (secondary N) is 1. The van der Waals surface area contributed by atoms with Gasteiger partial charge in [0.25, 0.3) is 0 Å². The molecule has 1 heterocycles. The van der Waals surface area contributed by atoms with Gasteiger partial charge in [0, 0.05) is 12.4 Å². The predicted molar refractivity (Wildman–Crippen MR) is 48.7 cm³/mol. The number of hydrogen-bond acceptors (Lipinski definition) is 3. The fourth-order valence-corrected chi connectivity index (χ4v) is 0.797. The zero-order chi connectivity index (χ0) is 8.81. The van der Waals surface area contributed by atoms with Gasteiger partial charge in [-0.05, 0) is 13.8 Å². The van der Waals surface area contributed by atoms with E-state index in [0.29, 0.717) is 6.54 Å². The first-order chi connectivity index (χ1) is 5.84. The van der Waals surface area contributed by atoms with Crippen LogP contribution in [0.15, 0.2) is 12.4 Å². The summed E-state index contributed by atoms with van der Waals surface area (Å²) < 4.78 is 0.